The number of fused-ring (bicyclic) bond motifs is 1. The summed E-state index contributed by atoms with van der Waals surface area (Å²) in [7, 11) is 3.59. The molecule has 1 saturated carbocycles. The minimum Gasteiger partial charge on any atom is -0.331 e. The Bertz CT molecular complexity index is 530. The summed E-state index contributed by atoms with van der Waals surface area (Å²) in [4.78, 5) is 33.2. The van der Waals surface area contributed by atoms with Crippen molar-refractivity contribution in [2.24, 2.45) is 11.8 Å². The van der Waals surface area contributed by atoms with Gasteiger partial charge in [0.25, 0.3) is 0 Å². The number of amides is 3. The van der Waals surface area contributed by atoms with Gasteiger partial charge < -0.3 is 15.1 Å². The molecule has 0 bridgehead atoms. The Morgan fingerprint density at radius 1 is 1.25 bits per heavy atom. The van der Waals surface area contributed by atoms with E-state index in [1.165, 1.54) is 0 Å². The molecule has 7 nitrogen and oxygen atoms in total. The van der Waals surface area contributed by atoms with Crippen LogP contribution in [0.15, 0.2) is 0 Å². The lowest BCUT2D eigenvalue weighted by atomic mass is 10.0. The molecule has 2 aliphatic heterocycles. The quantitative estimate of drug-likeness (QED) is 0.779. The fraction of sp³-hybridized carbons (Fsp3) is 0.824. The molecule has 3 rings (SSSR count). The summed E-state index contributed by atoms with van der Waals surface area (Å²) >= 11 is 0. The monoisotopic (exact) mass is 333 g/mol. The first-order valence-electron chi connectivity index (χ1n) is 8.85. The van der Waals surface area contributed by atoms with E-state index >= 15 is 0 Å². The van der Waals surface area contributed by atoms with Crippen molar-refractivity contribution in [3.05, 3.63) is 11.4 Å². The van der Waals surface area contributed by atoms with Crippen molar-refractivity contribution < 1.29 is 9.59 Å². The molecule has 2 heterocycles. The van der Waals surface area contributed by atoms with Crippen LogP contribution in [-0.2, 0) is 4.79 Å². The largest absolute Gasteiger partial charge is 0.331 e. The highest BCUT2D eigenvalue weighted by Crippen LogP contribution is 2.38. The van der Waals surface area contributed by atoms with Crippen molar-refractivity contribution in [3.63, 3.8) is 0 Å². The Kier molecular flexibility index (Phi) is 4.95. The maximum absolute atomic E-state index is 12.3. The van der Waals surface area contributed by atoms with Gasteiger partial charge in [-0.25, -0.2) is 11.4 Å². The van der Waals surface area contributed by atoms with Crippen molar-refractivity contribution in [2.45, 2.75) is 37.9 Å². The molecule has 24 heavy (non-hydrogen) atoms. The zero-order valence-corrected chi connectivity index (χ0v) is 14.6. The number of nitrogens with one attached hydrogen (secondary N) is 1. The third-order valence-electron chi connectivity index (χ3n) is 5.64. The molecule has 2 saturated heterocycles. The molecule has 3 aliphatic rings. The van der Waals surface area contributed by atoms with Gasteiger partial charge in [0.05, 0.1) is 6.54 Å². The predicted molar refractivity (Wildman–Crippen MR) is 90.0 cm³/mol. The van der Waals surface area contributed by atoms with Crippen LogP contribution in [-0.4, -0.2) is 79.1 Å². The molecule has 0 unspecified atom stereocenters. The first kappa shape index (κ1) is 17.0. The minimum absolute atomic E-state index is 0.0509. The van der Waals surface area contributed by atoms with Gasteiger partial charge in [-0.1, -0.05) is 0 Å². The van der Waals surface area contributed by atoms with E-state index < -0.39 is 0 Å². The number of carbonyl (C=O) groups is 2. The van der Waals surface area contributed by atoms with Gasteiger partial charge in [-0.05, 0) is 31.1 Å². The van der Waals surface area contributed by atoms with Gasteiger partial charge in [0.15, 0.2) is 0 Å². The molecule has 4 atom stereocenters. The molecule has 132 valence electrons. The zero-order chi connectivity index (χ0) is 17.3. The predicted octanol–water partition coefficient (Wildman–Crippen LogP) is 0.836. The normalized spacial score (nSPS) is 31.9. The van der Waals surface area contributed by atoms with E-state index in [4.69, 9.17) is 6.57 Å². The number of nitrogens with zero attached hydrogens (tertiary/aromatic N) is 4. The molecule has 3 fully saturated rings. The Morgan fingerprint density at radius 3 is 2.50 bits per heavy atom. The first-order chi connectivity index (χ1) is 11.5. The van der Waals surface area contributed by atoms with Gasteiger partial charge in [-0.2, -0.15) is 0 Å². The van der Waals surface area contributed by atoms with Crippen molar-refractivity contribution in [2.75, 3.05) is 40.3 Å². The summed E-state index contributed by atoms with van der Waals surface area (Å²) in [6, 6.07) is 0.456. The lowest BCUT2D eigenvalue weighted by Crippen LogP contribution is -2.43. The van der Waals surface area contributed by atoms with Crippen LogP contribution >= 0.6 is 0 Å². The second-order valence-electron chi connectivity index (χ2n) is 7.49. The molecule has 0 spiro atoms. The average molecular weight is 333 g/mol. The average Bonchev–Trinajstić information content (AvgIpc) is 3.25. The van der Waals surface area contributed by atoms with Crippen LogP contribution in [0, 0.1) is 18.4 Å². The number of carbonyl (C=O) groups excluding carboxylic acids is 2. The van der Waals surface area contributed by atoms with Crippen LogP contribution < -0.4 is 5.32 Å². The molecular formula is C17H27N5O2. The second kappa shape index (κ2) is 6.98. The second-order valence-corrected chi connectivity index (χ2v) is 7.49. The number of hydrogen-bond acceptors (Lipinski definition) is 3. The van der Waals surface area contributed by atoms with E-state index in [1.54, 1.807) is 23.9 Å². The smallest absolute Gasteiger partial charge is 0.319 e. The molecule has 0 aromatic heterocycles. The Morgan fingerprint density at radius 2 is 1.92 bits per heavy atom. The molecule has 3 amide bonds. The van der Waals surface area contributed by atoms with Crippen molar-refractivity contribution in [1.82, 2.24) is 20.0 Å². The van der Waals surface area contributed by atoms with Crippen molar-refractivity contribution in [1.29, 1.82) is 0 Å². The van der Waals surface area contributed by atoms with Crippen LogP contribution in [0.5, 0.6) is 0 Å². The molecule has 7 heteroatoms. The van der Waals surface area contributed by atoms with E-state index in [-0.39, 0.29) is 18.1 Å². The summed E-state index contributed by atoms with van der Waals surface area (Å²) in [5.74, 6) is 1.14. The summed E-state index contributed by atoms with van der Waals surface area (Å²) in [5.41, 5.74) is 0. The van der Waals surface area contributed by atoms with Gasteiger partial charge in [0.1, 0.15) is 0 Å². The van der Waals surface area contributed by atoms with Crippen LogP contribution in [0.25, 0.3) is 4.85 Å². The summed E-state index contributed by atoms with van der Waals surface area (Å²) in [6.45, 7) is 9.88. The van der Waals surface area contributed by atoms with Gasteiger partial charge in [-0.15, -0.1) is 0 Å². The Balaban J connectivity index is 1.43. The fourth-order valence-electron chi connectivity index (χ4n) is 4.41. The fourth-order valence-corrected chi connectivity index (χ4v) is 4.41. The third-order valence-corrected chi connectivity index (χ3v) is 5.64. The SMILES string of the molecule is [C-]#[N+][C@@H]1CCCN1C(=O)CN[C@H]1C[C@@H]2CN(C(=O)N(C)C)C[C@@H]2C1. The third kappa shape index (κ3) is 3.34. The van der Waals surface area contributed by atoms with Gasteiger partial charge in [0.2, 0.25) is 5.91 Å². The number of rotatable bonds is 3. The summed E-state index contributed by atoms with van der Waals surface area (Å²) in [5, 5.41) is 3.39. The van der Waals surface area contributed by atoms with Gasteiger partial charge >= 0.3 is 12.2 Å². The molecule has 0 aromatic carbocycles. The zero-order valence-electron chi connectivity index (χ0n) is 14.6. The van der Waals surface area contributed by atoms with E-state index in [2.05, 4.69) is 10.2 Å². The highest BCUT2D eigenvalue weighted by molar-refractivity contribution is 5.79. The summed E-state index contributed by atoms with van der Waals surface area (Å²) in [6.07, 6.45) is 3.54. The molecule has 0 radical (unpaired) electrons. The molecular weight excluding hydrogens is 306 g/mol. The highest BCUT2D eigenvalue weighted by Gasteiger charge is 2.43. The number of urea groups is 1. The maximum atomic E-state index is 12.3. The molecule has 0 aromatic rings. The van der Waals surface area contributed by atoms with Crippen LogP contribution in [0.2, 0.25) is 0 Å². The molecule has 1 N–H and O–H groups in total. The summed E-state index contributed by atoms with van der Waals surface area (Å²) < 4.78 is 0. The van der Waals surface area contributed by atoms with Crippen LogP contribution in [0.3, 0.4) is 0 Å². The van der Waals surface area contributed by atoms with Gasteiger partial charge in [0, 0.05) is 46.2 Å². The topological polar surface area (TPSA) is 60.3 Å². The highest BCUT2D eigenvalue weighted by atomic mass is 16.2. The molecule has 1 aliphatic carbocycles. The number of hydrogen-bond donors (Lipinski definition) is 1. The first-order valence-corrected chi connectivity index (χ1v) is 8.85. The Hall–Kier alpha value is -1.81. The maximum Gasteiger partial charge on any atom is 0.319 e. The van der Waals surface area contributed by atoms with Crippen molar-refractivity contribution in [3.8, 4) is 0 Å². The van der Waals surface area contributed by atoms with E-state index in [0.29, 0.717) is 31.0 Å². The number of likely N-dealkylation sites (tertiary alicyclic amines) is 2. The lowest BCUT2D eigenvalue weighted by molar-refractivity contribution is -0.130. The standard InChI is InChI=1S/C17H27N5O2/c1-18-15-5-4-6-22(15)16(23)9-19-14-7-12-10-21(11-13(12)8-14)17(24)20(2)3/h12-15,19H,4-11H2,2-3H3/t12-,13+,14+,15-/m0/s1. The van der Waals surface area contributed by atoms with E-state index in [1.807, 2.05) is 4.90 Å². The van der Waals surface area contributed by atoms with Crippen LogP contribution in [0.1, 0.15) is 25.7 Å². The van der Waals surface area contributed by atoms with Gasteiger partial charge in [-0.3, -0.25) is 14.5 Å². The Labute approximate surface area is 143 Å². The van der Waals surface area contributed by atoms with Crippen molar-refractivity contribution >= 4 is 11.9 Å². The van der Waals surface area contributed by atoms with E-state index in [0.717, 1.165) is 38.8 Å². The minimum atomic E-state index is -0.257. The lowest BCUT2D eigenvalue weighted by Gasteiger charge is -2.23. The van der Waals surface area contributed by atoms with Crippen LogP contribution in [0.4, 0.5) is 4.79 Å². The van der Waals surface area contributed by atoms with E-state index in [9.17, 15) is 9.59 Å².